The predicted molar refractivity (Wildman–Crippen MR) is 119 cm³/mol. The molecule has 0 radical (unpaired) electrons. The van der Waals surface area contributed by atoms with Crippen LogP contribution < -0.4 is 5.32 Å². The molecule has 0 spiro atoms. The monoisotopic (exact) mass is 471 g/mol. The molecule has 3 atom stereocenters. The first-order chi connectivity index (χ1) is 16.0. The molecule has 0 saturated carbocycles. The lowest BCUT2D eigenvalue weighted by Gasteiger charge is -2.30. The van der Waals surface area contributed by atoms with E-state index in [2.05, 4.69) is 21.4 Å². The van der Waals surface area contributed by atoms with Crippen LogP contribution in [0.4, 0.5) is 13.6 Å². The largest absolute Gasteiger partial charge is 0.444 e. The minimum absolute atomic E-state index is 0.0503. The van der Waals surface area contributed by atoms with Crippen LogP contribution in [0.5, 0.6) is 0 Å². The van der Waals surface area contributed by atoms with Gasteiger partial charge in [0.05, 0.1) is 12.0 Å². The van der Waals surface area contributed by atoms with Gasteiger partial charge in [-0.15, -0.1) is 0 Å². The molecule has 3 rings (SSSR count). The maximum atomic E-state index is 14.4. The summed E-state index contributed by atoms with van der Waals surface area (Å²) in [6, 6.07) is 5.06. The van der Waals surface area contributed by atoms with Crippen LogP contribution in [0.25, 0.3) is 11.1 Å². The smallest absolute Gasteiger partial charge is 0.411 e. The Morgan fingerprint density at radius 3 is 2.53 bits per heavy atom. The summed E-state index contributed by atoms with van der Waals surface area (Å²) < 4.78 is 32.5. The summed E-state index contributed by atoms with van der Waals surface area (Å²) in [5, 5.41) is 12.1. The second kappa shape index (κ2) is 10.1. The fourth-order valence-electron chi connectivity index (χ4n) is 3.79. The number of likely N-dealkylation sites (tertiary alicyclic amines) is 1. The zero-order valence-corrected chi connectivity index (χ0v) is 19.5. The van der Waals surface area contributed by atoms with Crippen LogP contribution in [-0.2, 0) is 22.8 Å². The molecule has 1 saturated heterocycles. The molecule has 0 unspecified atom stereocenters. The van der Waals surface area contributed by atoms with Crippen molar-refractivity contribution in [2.75, 3.05) is 0 Å². The Morgan fingerprint density at radius 2 is 1.94 bits per heavy atom. The molecule has 10 heteroatoms. The first-order valence-electron chi connectivity index (χ1n) is 10.9. The van der Waals surface area contributed by atoms with Crippen LogP contribution in [-0.4, -0.2) is 44.6 Å². The van der Waals surface area contributed by atoms with Crippen molar-refractivity contribution < 1.29 is 23.1 Å². The van der Waals surface area contributed by atoms with Gasteiger partial charge >= 0.3 is 6.09 Å². The van der Waals surface area contributed by atoms with Crippen molar-refractivity contribution in [1.82, 2.24) is 20.2 Å². The minimum atomic E-state index is -0.914. The van der Waals surface area contributed by atoms with Gasteiger partial charge in [0, 0.05) is 36.1 Å². The van der Waals surface area contributed by atoms with Crippen LogP contribution in [0.2, 0.25) is 0 Å². The minimum Gasteiger partial charge on any atom is -0.444 e. The third-order valence-electron chi connectivity index (χ3n) is 5.56. The van der Waals surface area contributed by atoms with Crippen molar-refractivity contribution in [3.63, 3.8) is 0 Å². The van der Waals surface area contributed by atoms with E-state index >= 15 is 0 Å². The molecular weight excluding hydrogens is 444 g/mol. The fourth-order valence-corrected chi connectivity index (χ4v) is 3.79. The van der Waals surface area contributed by atoms with Gasteiger partial charge in [-0.3, -0.25) is 9.69 Å². The van der Waals surface area contributed by atoms with Gasteiger partial charge in [0.25, 0.3) is 0 Å². The summed E-state index contributed by atoms with van der Waals surface area (Å²) in [6.45, 7) is 5.93. The van der Waals surface area contributed by atoms with E-state index in [9.17, 15) is 23.6 Å². The van der Waals surface area contributed by atoms with E-state index in [1.807, 2.05) is 0 Å². The van der Waals surface area contributed by atoms with Gasteiger partial charge in [-0.05, 0) is 51.8 Å². The highest BCUT2D eigenvalue weighted by Gasteiger charge is 2.46. The number of benzene rings is 1. The van der Waals surface area contributed by atoms with E-state index in [0.717, 1.165) is 0 Å². The number of carbonyl (C=O) groups is 2. The fraction of sp³-hybridized carbons (Fsp3) is 0.458. The Hall–Kier alpha value is -3.61. The summed E-state index contributed by atoms with van der Waals surface area (Å²) >= 11 is 0. The van der Waals surface area contributed by atoms with Crippen molar-refractivity contribution in [2.45, 2.75) is 65.0 Å². The zero-order valence-electron chi connectivity index (χ0n) is 19.5. The molecule has 2 aromatic rings. The van der Waals surface area contributed by atoms with Gasteiger partial charge in [-0.25, -0.2) is 23.5 Å². The summed E-state index contributed by atoms with van der Waals surface area (Å²) in [4.78, 5) is 34.8. The molecule has 8 nitrogen and oxygen atoms in total. The molecule has 2 heterocycles. The normalized spacial score (nSPS) is 20.0. The van der Waals surface area contributed by atoms with Crippen LogP contribution in [0, 0.1) is 23.1 Å². The van der Waals surface area contributed by atoms with Gasteiger partial charge in [0.2, 0.25) is 5.91 Å². The zero-order chi connectivity index (χ0) is 25.0. The van der Waals surface area contributed by atoms with E-state index in [1.165, 1.54) is 29.4 Å². The van der Waals surface area contributed by atoms with Crippen molar-refractivity contribution >= 4 is 12.0 Å². The average molecular weight is 472 g/mol. The number of ether oxygens (including phenoxy) is 1. The molecule has 0 aliphatic carbocycles. The van der Waals surface area contributed by atoms with Crippen LogP contribution in [0.15, 0.2) is 30.6 Å². The predicted octanol–water partition coefficient (Wildman–Crippen LogP) is 3.91. The molecule has 1 fully saturated rings. The second-order valence-corrected chi connectivity index (χ2v) is 9.16. The number of nitriles is 1. The van der Waals surface area contributed by atoms with Gasteiger partial charge in [-0.2, -0.15) is 5.26 Å². The number of carbonyl (C=O) groups excluding carboxylic acids is 2. The quantitative estimate of drug-likeness (QED) is 0.709. The number of aromatic nitrogens is 2. The molecule has 1 aliphatic heterocycles. The van der Waals surface area contributed by atoms with Crippen molar-refractivity contribution in [2.24, 2.45) is 5.92 Å². The third-order valence-corrected chi connectivity index (χ3v) is 5.56. The highest BCUT2D eigenvalue weighted by atomic mass is 19.1. The lowest BCUT2D eigenvalue weighted by Crippen LogP contribution is -2.50. The van der Waals surface area contributed by atoms with E-state index in [-0.39, 0.29) is 24.4 Å². The molecule has 0 bridgehead atoms. The van der Waals surface area contributed by atoms with Crippen LogP contribution >= 0.6 is 0 Å². The van der Waals surface area contributed by atoms with Crippen LogP contribution in [0.3, 0.4) is 0 Å². The SMILES string of the molecule is C[C@H]1[C@H](C#N)C[C@@H](C(=O)NCc2cc(-c3cnc(CF)nc3)ccc2F)N1C(=O)OC(C)(C)C. The van der Waals surface area contributed by atoms with E-state index < -0.39 is 48.1 Å². The van der Waals surface area contributed by atoms with E-state index in [1.54, 1.807) is 33.8 Å². The van der Waals surface area contributed by atoms with Gasteiger partial charge in [0.1, 0.15) is 24.1 Å². The Labute approximate surface area is 197 Å². The van der Waals surface area contributed by atoms with Gasteiger partial charge in [-0.1, -0.05) is 6.07 Å². The number of hydrogen-bond acceptors (Lipinski definition) is 6. The lowest BCUT2D eigenvalue weighted by atomic mass is 10.0. The topological polar surface area (TPSA) is 108 Å². The number of alkyl halides is 1. The summed E-state index contributed by atoms with van der Waals surface area (Å²) in [7, 11) is 0. The summed E-state index contributed by atoms with van der Waals surface area (Å²) in [5.41, 5.74) is 0.623. The maximum Gasteiger partial charge on any atom is 0.411 e. The molecule has 34 heavy (non-hydrogen) atoms. The Bertz CT molecular complexity index is 1100. The summed E-state index contributed by atoms with van der Waals surface area (Å²) in [6.07, 6.45) is 2.36. The maximum absolute atomic E-state index is 14.4. The number of rotatable bonds is 5. The van der Waals surface area contributed by atoms with Gasteiger partial charge in [0.15, 0.2) is 5.82 Å². The molecule has 1 aromatic carbocycles. The number of nitrogens with one attached hydrogen (secondary N) is 1. The third kappa shape index (κ3) is 5.65. The summed E-state index contributed by atoms with van der Waals surface area (Å²) in [5.74, 6) is -1.51. The lowest BCUT2D eigenvalue weighted by molar-refractivity contribution is -0.126. The van der Waals surface area contributed by atoms with E-state index in [0.29, 0.717) is 11.1 Å². The standard InChI is InChI=1S/C24H27F2N5O3/c1-14-16(10-27)8-20(31(14)23(33)34-24(2,3)4)22(32)30-11-17-7-15(5-6-19(17)26)18-12-28-21(9-25)29-13-18/h5-7,12-14,16,20H,8-9,11H2,1-4H3,(H,30,32)/t14-,16-,20-/m0/s1. The molecule has 1 aliphatic rings. The number of hydrogen-bond donors (Lipinski definition) is 1. The van der Waals surface area contributed by atoms with Crippen molar-refractivity contribution in [3.05, 3.63) is 47.8 Å². The number of halogens is 2. The molecule has 2 amide bonds. The Balaban J connectivity index is 1.75. The highest BCUT2D eigenvalue weighted by Crippen LogP contribution is 2.31. The number of amides is 2. The molecular formula is C24H27F2N5O3. The van der Waals surface area contributed by atoms with Crippen LogP contribution in [0.1, 0.15) is 45.5 Å². The first-order valence-corrected chi connectivity index (χ1v) is 10.9. The highest BCUT2D eigenvalue weighted by molar-refractivity contribution is 5.86. The Morgan fingerprint density at radius 1 is 1.26 bits per heavy atom. The second-order valence-electron chi connectivity index (χ2n) is 9.16. The van der Waals surface area contributed by atoms with Gasteiger partial charge < -0.3 is 10.1 Å². The number of nitrogens with zero attached hydrogens (tertiary/aromatic N) is 4. The molecule has 180 valence electrons. The first kappa shape index (κ1) is 25.0. The van der Waals surface area contributed by atoms with Crippen molar-refractivity contribution in [3.8, 4) is 17.2 Å². The Kier molecular flexibility index (Phi) is 7.44. The van der Waals surface area contributed by atoms with E-state index in [4.69, 9.17) is 4.74 Å². The molecule has 1 aromatic heterocycles. The average Bonchev–Trinajstić information content (AvgIpc) is 3.13. The molecule has 1 N–H and O–H groups in total. The van der Waals surface area contributed by atoms with Crippen molar-refractivity contribution in [1.29, 1.82) is 5.26 Å².